The van der Waals surface area contributed by atoms with Crippen molar-refractivity contribution in [1.29, 1.82) is 0 Å². The molecule has 32 heavy (non-hydrogen) atoms. The number of rotatable bonds is 17. The molecule has 0 aliphatic heterocycles. The number of anilines is 1. The highest BCUT2D eigenvalue weighted by molar-refractivity contribution is 5.82. The van der Waals surface area contributed by atoms with Crippen LogP contribution in [0.15, 0.2) is 12.1 Å². The first-order chi connectivity index (χ1) is 15.3. The van der Waals surface area contributed by atoms with Gasteiger partial charge in [-0.15, -0.1) is 0 Å². The van der Waals surface area contributed by atoms with E-state index in [0.29, 0.717) is 19.6 Å². The van der Waals surface area contributed by atoms with Crippen LogP contribution in [-0.4, -0.2) is 79.2 Å². The fourth-order valence-electron chi connectivity index (χ4n) is 3.33. The number of aliphatic carboxylic acids is 1. The van der Waals surface area contributed by atoms with Crippen molar-refractivity contribution in [3.63, 3.8) is 0 Å². The molecule has 1 aromatic heterocycles. The molecule has 182 valence electrons. The van der Waals surface area contributed by atoms with Gasteiger partial charge in [-0.05, 0) is 50.3 Å². The summed E-state index contributed by atoms with van der Waals surface area (Å²) in [7, 11) is 1.85. The monoisotopic (exact) mass is 458 g/mol. The number of carbonyl (C=O) groups excluding carboxylic acids is 1. The van der Waals surface area contributed by atoms with Gasteiger partial charge in [-0.1, -0.05) is 13.0 Å². The standard InChI is InChI=1S/C22H36F2N4O4/c1-4-17-8-9-18(27-21(17)25-3)7-5-6-11-28(13-14-32-15-20(23)24)12-10-19(22(30)31)26-16(2)29/h8-9,19-20H,4-7,10-15H2,1-3H3,(H,25,27)(H,26,29)(H,30,31). The number of hydrogen-bond acceptors (Lipinski definition) is 6. The number of pyridine rings is 1. The number of ether oxygens (including phenoxy) is 1. The number of alkyl halides is 2. The minimum absolute atomic E-state index is 0.133. The SMILES string of the molecule is CCc1ccc(CCCCN(CCOCC(F)F)CCC(NC(C)=O)C(=O)O)nc1NC. The Bertz CT molecular complexity index is 707. The number of carboxylic acid groups (broad SMARTS) is 1. The molecule has 0 spiro atoms. The number of hydrogen-bond donors (Lipinski definition) is 3. The maximum atomic E-state index is 12.3. The highest BCUT2D eigenvalue weighted by Gasteiger charge is 2.19. The molecule has 1 amide bonds. The molecule has 1 unspecified atom stereocenters. The van der Waals surface area contributed by atoms with Gasteiger partial charge in [0.1, 0.15) is 18.5 Å². The Kier molecular flexibility index (Phi) is 13.4. The van der Waals surface area contributed by atoms with Gasteiger partial charge in [0.05, 0.1) is 6.61 Å². The van der Waals surface area contributed by atoms with Gasteiger partial charge in [0.25, 0.3) is 6.43 Å². The van der Waals surface area contributed by atoms with Crippen molar-refractivity contribution in [2.75, 3.05) is 45.2 Å². The first-order valence-electron chi connectivity index (χ1n) is 11.0. The molecule has 0 saturated carbocycles. The molecule has 0 radical (unpaired) electrons. The van der Waals surface area contributed by atoms with Gasteiger partial charge in [0.2, 0.25) is 5.91 Å². The van der Waals surface area contributed by atoms with Crippen molar-refractivity contribution >= 4 is 17.7 Å². The molecule has 0 bridgehead atoms. The quantitative estimate of drug-likeness (QED) is 0.308. The van der Waals surface area contributed by atoms with Crippen LogP contribution in [0.25, 0.3) is 0 Å². The van der Waals surface area contributed by atoms with Crippen molar-refractivity contribution in [3.05, 3.63) is 23.4 Å². The summed E-state index contributed by atoms with van der Waals surface area (Å²) < 4.78 is 29.5. The van der Waals surface area contributed by atoms with Crippen molar-refractivity contribution in [2.24, 2.45) is 0 Å². The summed E-state index contributed by atoms with van der Waals surface area (Å²) >= 11 is 0. The summed E-state index contributed by atoms with van der Waals surface area (Å²) in [6.07, 6.45) is 1.12. The van der Waals surface area contributed by atoms with Crippen LogP contribution in [-0.2, 0) is 27.2 Å². The van der Waals surface area contributed by atoms with Gasteiger partial charge in [-0.25, -0.2) is 18.6 Å². The Hall–Kier alpha value is -2.33. The number of aromatic nitrogens is 1. The third-order valence-corrected chi connectivity index (χ3v) is 5.02. The highest BCUT2D eigenvalue weighted by atomic mass is 19.3. The average molecular weight is 459 g/mol. The number of unbranched alkanes of at least 4 members (excludes halogenated alkanes) is 1. The van der Waals surface area contributed by atoms with Crippen LogP contribution in [0.1, 0.15) is 44.4 Å². The number of halogens is 2. The molecule has 1 atom stereocenters. The van der Waals surface area contributed by atoms with Crippen LogP contribution >= 0.6 is 0 Å². The average Bonchev–Trinajstić information content (AvgIpc) is 2.75. The van der Waals surface area contributed by atoms with Gasteiger partial charge in [0.15, 0.2) is 0 Å². The lowest BCUT2D eigenvalue weighted by atomic mass is 10.1. The summed E-state index contributed by atoms with van der Waals surface area (Å²) in [4.78, 5) is 29.2. The van der Waals surface area contributed by atoms with Crippen LogP contribution in [0.3, 0.4) is 0 Å². The Balaban J connectivity index is 2.56. The van der Waals surface area contributed by atoms with E-state index in [0.717, 1.165) is 37.2 Å². The van der Waals surface area contributed by atoms with Gasteiger partial charge in [-0.2, -0.15) is 0 Å². The van der Waals surface area contributed by atoms with Gasteiger partial charge in [-0.3, -0.25) is 4.79 Å². The lowest BCUT2D eigenvalue weighted by molar-refractivity contribution is -0.141. The molecule has 1 aromatic rings. The number of aryl methyl sites for hydroxylation is 2. The maximum Gasteiger partial charge on any atom is 0.326 e. The zero-order chi connectivity index (χ0) is 23.9. The van der Waals surface area contributed by atoms with E-state index in [1.165, 1.54) is 12.5 Å². The summed E-state index contributed by atoms with van der Waals surface area (Å²) in [5.41, 5.74) is 2.16. The van der Waals surface area contributed by atoms with Crippen molar-refractivity contribution in [1.82, 2.24) is 15.2 Å². The van der Waals surface area contributed by atoms with E-state index in [2.05, 4.69) is 28.6 Å². The summed E-state index contributed by atoms with van der Waals surface area (Å²) in [6.45, 7) is 4.34. The molecule has 3 N–H and O–H groups in total. The summed E-state index contributed by atoms with van der Waals surface area (Å²) in [6, 6.07) is 3.12. The maximum absolute atomic E-state index is 12.3. The lowest BCUT2D eigenvalue weighted by Crippen LogP contribution is -2.42. The third kappa shape index (κ3) is 11.3. The normalized spacial score (nSPS) is 12.2. The van der Waals surface area contributed by atoms with Crippen LogP contribution < -0.4 is 10.6 Å². The minimum Gasteiger partial charge on any atom is -0.480 e. The number of nitrogens with one attached hydrogen (secondary N) is 2. The van der Waals surface area contributed by atoms with Gasteiger partial charge < -0.3 is 25.4 Å². The molecule has 10 heteroatoms. The Morgan fingerprint density at radius 2 is 1.97 bits per heavy atom. The molecular formula is C22H36F2N4O4. The highest BCUT2D eigenvalue weighted by Crippen LogP contribution is 2.15. The number of nitrogens with zero attached hydrogens (tertiary/aromatic N) is 2. The van der Waals surface area contributed by atoms with Gasteiger partial charge in [0, 0.05) is 32.8 Å². The second-order valence-corrected chi connectivity index (χ2v) is 7.56. The summed E-state index contributed by atoms with van der Waals surface area (Å²) in [5, 5.41) is 14.8. The largest absolute Gasteiger partial charge is 0.480 e. The fraction of sp³-hybridized carbons (Fsp3) is 0.682. The van der Waals surface area contributed by atoms with Crippen LogP contribution in [0.4, 0.5) is 14.6 Å². The molecule has 0 fully saturated rings. The van der Waals surface area contributed by atoms with Gasteiger partial charge >= 0.3 is 5.97 Å². The van der Waals surface area contributed by atoms with E-state index >= 15 is 0 Å². The van der Waals surface area contributed by atoms with E-state index in [-0.39, 0.29) is 13.0 Å². The second kappa shape index (κ2) is 15.5. The number of amides is 1. The van der Waals surface area contributed by atoms with E-state index in [9.17, 15) is 23.5 Å². The minimum atomic E-state index is -2.52. The number of carbonyl (C=O) groups is 2. The predicted octanol–water partition coefficient (Wildman–Crippen LogP) is 2.57. The zero-order valence-corrected chi connectivity index (χ0v) is 19.2. The van der Waals surface area contributed by atoms with E-state index < -0.39 is 31.0 Å². The fourth-order valence-corrected chi connectivity index (χ4v) is 3.33. The van der Waals surface area contributed by atoms with Crippen molar-refractivity contribution in [3.8, 4) is 0 Å². The Labute approximate surface area is 188 Å². The molecular weight excluding hydrogens is 422 g/mol. The molecule has 0 aliphatic carbocycles. The first-order valence-corrected chi connectivity index (χ1v) is 11.0. The molecule has 1 heterocycles. The van der Waals surface area contributed by atoms with Crippen molar-refractivity contribution in [2.45, 2.75) is 58.4 Å². The third-order valence-electron chi connectivity index (χ3n) is 5.02. The van der Waals surface area contributed by atoms with E-state index in [1.54, 1.807) is 0 Å². The zero-order valence-electron chi connectivity index (χ0n) is 19.2. The first kappa shape index (κ1) is 27.7. The Morgan fingerprint density at radius 1 is 1.22 bits per heavy atom. The predicted molar refractivity (Wildman–Crippen MR) is 119 cm³/mol. The van der Waals surface area contributed by atoms with Crippen LogP contribution in [0.2, 0.25) is 0 Å². The molecule has 8 nitrogen and oxygen atoms in total. The smallest absolute Gasteiger partial charge is 0.326 e. The van der Waals surface area contributed by atoms with Crippen molar-refractivity contribution < 1.29 is 28.2 Å². The second-order valence-electron chi connectivity index (χ2n) is 7.56. The lowest BCUT2D eigenvalue weighted by Gasteiger charge is -2.24. The summed E-state index contributed by atoms with van der Waals surface area (Å²) in [5.74, 6) is -0.622. The number of carboxylic acids is 1. The molecule has 0 aromatic carbocycles. The van der Waals surface area contributed by atoms with Crippen LogP contribution in [0, 0.1) is 0 Å². The van der Waals surface area contributed by atoms with E-state index in [4.69, 9.17) is 4.74 Å². The topological polar surface area (TPSA) is 104 Å². The van der Waals surface area contributed by atoms with Crippen LogP contribution in [0.5, 0.6) is 0 Å². The molecule has 0 aliphatic rings. The molecule has 0 saturated heterocycles. The Morgan fingerprint density at radius 3 is 2.56 bits per heavy atom. The van der Waals surface area contributed by atoms with E-state index in [1.807, 2.05) is 18.0 Å². The molecule has 1 rings (SSSR count).